The van der Waals surface area contributed by atoms with E-state index in [4.69, 9.17) is 10.8 Å². The van der Waals surface area contributed by atoms with Crippen molar-refractivity contribution in [3.05, 3.63) is 0 Å². The molecule has 20 heavy (non-hydrogen) atoms. The van der Waals surface area contributed by atoms with Crippen molar-refractivity contribution in [3.63, 3.8) is 0 Å². The van der Waals surface area contributed by atoms with Crippen LogP contribution in [0.1, 0.15) is 39.0 Å². The summed E-state index contributed by atoms with van der Waals surface area (Å²) < 4.78 is 0. The molecule has 1 unspecified atom stereocenters. The standard InChI is InChI=1S/C13H23N3O4/c1-2-11(17)15-9-5-7-16(8-6-9)13(20)10(14)3-4-12(18)19/h9-10H,2-8,14H2,1H3,(H,15,17)(H,18,19). The van der Waals surface area contributed by atoms with Crippen LogP contribution in [0, 0.1) is 0 Å². The second-order valence-electron chi connectivity index (χ2n) is 5.06. The van der Waals surface area contributed by atoms with Crippen molar-refractivity contribution in [1.82, 2.24) is 10.2 Å². The Hall–Kier alpha value is -1.63. The lowest BCUT2D eigenvalue weighted by molar-refractivity contribution is -0.137. The van der Waals surface area contributed by atoms with Crippen molar-refractivity contribution in [2.75, 3.05) is 13.1 Å². The fourth-order valence-electron chi connectivity index (χ4n) is 2.21. The summed E-state index contributed by atoms with van der Waals surface area (Å²) in [5, 5.41) is 11.5. The Morgan fingerprint density at radius 2 is 1.95 bits per heavy atom. The molecule has 1 aliphatic heterocycles. The number of nitrogens with one attached hydrogen (secondary N) is 1. The predicted molar refractivity (Wildman–Crippen MR) is 72.9 cm³/mol. The summed E-state index contributed by atoms with van der Waals surface area (Å²) in [6.45, 7) is 2.90. The topological polar surface area (TPSA) is 113 Å². The van der Waals surface area contributed by atoms with Gasteiger partial charge in [-0.1, -0.05) is 6.92 Å². The highest BCUT2D eigenvalue weighted by molar-refractivity contribution is 5.82. The minimum atomic E-state index is -0.950. The maximum absolute atomic E-state index is 12.0. The molecule has 7 heteroatoms. The molecule has 1 atom stereocenters. The van der Waals surface area contributed by atoms with E-state index >= 15 is 0 Å². The van der Waals surface area contributed by atoms with Crippen LogP contribution in [0.4, 0.5) is 0 Å². The van der Waals surface area contributed by atoms with E-state index in [2.05, 4.69) is 5.32 Å². The second-order valence-corrected chi connectivity index (χ2v) is 5.06. The number of hydrogen-bond acceptors (Lipinski definition) is 4. The fourth-order valence-corrected chi connectivity index (χ4v) is 2.21. The van der Waals surface area contributed by atoms with Crippen LogP contribution >= 0.6 is 0 Å². The zero-order chi connectivity index (χ0) is 15.1. The van der Waals surface area contributed by atoms with Crippen LogP contribution in [-0.2, 0) is 14.4 Å². The average Bonchev–Trinajstić information content (AvgIpc) is 2.44. The number of carboxylic acids is 1. The molecule has 0 radical (unpaired) electrons. The molecule has 2 amide bonds. The molecule has 114 valence electrons. The van der Waals surface area contributed by atoms with E-state index in [1.165, 1.54) is 0 Å². The Morgan fingerprint density at radius 1 is 1.35 bits per heavy atom. The molecule has 0 aromatic rings. The van der Waals surface area contributed by atoms with Gasteiger partial charge in [0.25, 0.3) is 0 Å². The number of aliphatic carboxylic acids is 1. The maximum atomic E-state index is 12.0. The number of piperidine rings is 1. The number of nitrogens with two attached hydrogens (primary N) is 1. The first-order chi connectivity index (χ1) is 9.43. The van der Waals surface area contributed by atoms with Crippen molar-refractivity contribution in [2.45, 2.75) is 51.1 Å². The van der Waals surface area contributed by atoms with Crippen LogP contribution in [0.5, 0.6) is 0 Å². The minimum Gasteiger partial charge on any atom is -0.481 e. The number of carboxylic acid groups (broad SMARTS) is 1. The Kier molecular flexibility index (Phi) is 6.44. The van der Waals surface area contributed by atoms with Crippen LogP contribution < -0.4 is 11.1 Å². The molecule has 7 nitrogen and oxygen atoms in total. The van der Waals surface area contributed by atoms with Gasteiger partial charge in [-0.25, -0.2) is 0 Å². The third-order valence-electron chi connectivity index (χ3n) is 3.48. The third-order valence-corrected chi connectivity index (χ3v) is 3.48. The molecule has 0 spiro atoms. The van der Waals surface area contributed by atoms with Crippen LogP contribution in [0.15, 0.2) is 0 Å². The molecule has 1 heterocycles. The molecule has 0 aromatic heterocycles. The molecule has 1 saturated heterocycles. The van der Waals surface area contributed by atoms with Crippen molar-refractivity contribution < 1.29 is 19.5 Å². The summed E-state index contributed by atoms with van der Waals surface area (Å²) in [6, 6.07) is -0.644. The molecule has 0 saturated carbocycles. The molecule has 4 N–H and O–H groups in total. The van der Waals surface area contributed by atoms with E-state index in [9.17, 15) is 14.4 Å². The molecular formula is C13H23N3O4. The Morgan fingerprint density at radius 3 is 2.45 bits per heavy atom. The normalized spacial score (nSPS) is 17.6. The van der Waals surface area contributed by atoms with Gasteiger partial charge in [-0.3, -0.25) is 14.4 Å². The number of rotatable bonds is 6. The summed E-state index contributed by atoms with van der Waals surface area (Å²) in [4.78, 5) is 35.4. The van der Waals surface area contributed by atoms with Gasteiger partial charge in [0.05, 0.1) is 6.04 Å². The second kappa shape index (κ2) is 7.84. The van der Waals surface area contributed by atoms with Gasteiger partial charge in [0, 0.05) is 32.0 Å². The Bertz CT molecular complexity index is 365. The van der Waals surface area contributed by atoms with Crippen LogP contribution in [0.3, 0.4) is 0 Å². The van der Waals surface area contributed by atoms with Crippen LogP contribution in [-0.4, -0.2) is 53.0 Å². The van der Waals surface area contributed by atoms with E-state index in [0.29, 0.717) is 32.4 Å². The lowest BCUT2D eigenvalue weighted by Crippen LogP contribution is -2.51. The van der Waals surface area contributed by atoms with Gasteiger partial charge in [-0.05, 0) is 19.3 Å². The van der Waals surface area contributed by atoms with Gasteiger partial charge >= 0.3 is 5.97 Å². The van der Waals surface area contributed by atoms with E-state index in [1.807, 2.05) is 0 Å². The minimum absolute atomic E-state index is 0.0212. The number of nitrogens with zero attached hydrogens (tertiary/aromatic N) is 1. The summed E-state index contributed by atoms with van der Waals surface area (Å²) >= 11 is 0. The lowest BCUT2D eigenvalue weighted by Gasteiger charge is -2.33. The first-order valence-corrected chi connectivity index (χ1v) is 6.99. The van der Waals surface area contributed by atoms with E-state index in [1.54, 1.807) is 11.8 Å². The Balaban J connectivity index is 2.34. The number of carbonyl (C=O) groups is 3. The van der Waals surface area contributed by atoms with Crippen LogP contribution in [0.25, 0.3) is 0 Å². The lowest BCUT2D eigenvalue weighted by atomic mass is 10.0. The zero-order valence-corrected chi connectivity index (χ0v) is 11.8. The van der Waals surface area contributed by atoms with E-state index in [-0.39, 0.29) is 30.7 Å². The highest BCUT2D eigenvalue weighted by Crippen LogP contribution is 2.12. The third kappa shape index (κ3) is 5.16. The van der Waals surface area contributed by atoms with Gasteiger partial charge in [-0.15, -0.1) is 0 Å². The van der Waals surface area contributed by atoms with Gasteiger partial charge in [0.1, 0.15) is 0 Å². The quantitative estimate of drug-likeness (QED) is 0.620. The van der Waals surface area contributed by atoms with Crippen molar-refractivity contribution in [1.29, 1.82) is 0 Å². The summed E-state index contributed by atoms with van der Waals surface area (Å²) in [7, 11) is 0. The SMILES string of the molecule is CCC(=O)NC1CCN(C(=O)C(N)CCC(=O)O)CC1. The number of carbonyl (C=O) groups excluding carboxylic acids is 2. The highest BCUT2D eigenvalue weighted by Gasteiger charge is 2.26. The highest BCUT2D eigenvalue weighted by atomic mass is 16.4. The smallest absolute Gasteiger partial charge is 0.303 e. The van der Waals surface area contributed by atoms with Gasteiger partial charge in [0.15, 0.2) is 0 Å². The van der Waals surface area contributed by atoms with E-state index < -0.39 is 12.0 Å². The summed E-state index contributed by atoms with van der Waals surface area (Å²) in [5.41, 5.74) is 5.71. The maximum Gasteiger partial charge on any atom is 0.303 e. The van der Waals surface area contributed by atoms with E-state index in [0.717, 1.165) is 0 Å². The molecule has 0 aliphatic carbocycles. The predicted octanol–water partition coefficient (Wildman–Crippen LogP) is -0.304. The first-order valence-electron chi connectivity index (χ1n) is 6.99. The summed E-state index contributed by atoms with van der Waals surface area (Å²) in [5.74, 6) is -1.13. The number of amides is 2. The molecular weight excluding hydrogens is 262 g/mol. The molecule has 1 rings (SSSR count). The van der Waals surface area contributed by atoms with Crippen LogP contribution in [0.2, 0.25) is 0 Å². The molecule has 0 bridgehead atoms. The largest absolute Gasteiger partial charge is 0.481 e. The van der Waals surface area contributed by atoms with Gasteiger partial charge in [0.2, 0.25) is 11.8 Å². The summed E-state index contributed by atoms with van der Waals surface area (Å²) in [6.07, 6.45) is 1.93. The van der Waals surface area contributed by atoms with Crippen molar-refractivity contribution in [2.24, 2.45) is 5.73 Å². The molecule has 1 fully saturated rings. The first kappa shape index (κ1) is 16.4. The number of likely N-dealkylation sites (tertiary alicyclic amines) is 1. The molecule has 0 aromatic carbocycles. The van der Waals surface area contributed by atoms with Crippen molar-refractivity contribution >= 4 is 17.8 Å². The average molecular weight is 285 g/mol. The van der Waals surface area contributed by atoms with Gasteiger partial charge in [-0.2, -0.15) is 0 Å². The Labute approximate surface area is 118 Å². The van der Waals surface area contributed by atoms with Crippen molar-refractivity contribution in [3.8, 4) is 0 Å². The fraction of sp³-hybridized carbons (Fsp3) is 0.769. The van der Waals surface area contributed by atoms with Gasteiger partial charge < -0.3 is 21.1 Å². The molecule has 1 aliphatic rings. The zero-order valence-electron chi connectivity index (χ0n) is 11.8. The number of hydrogen-bond donors (Lipinski definition) is 3. The monoisotopic (exact) mass is 285 g/mol.